The summed E-state index contributed by atoms with van der Waals surface area (Å²) in [4.78, 5) is 0. The Balaban J connectivity index is 1.98. The Hall–Kier alpha value is -1.94. The Labute approximate surface area is 130 Å². The van der Waals surface area contributed by atoms with E-state index in [4.69, 9.17) is 12.2 Å². The maximum Gasteiger partial charge on any atom is 0.175 e. The van der Waals surface area contributed by atoms with Crippen LogP contribution in [0.5, 0.6) is 0 Å². The topological polar surface area (TPSA) is 24.1 Å². The summed E-state index contributed by atoms with van der Waals surface area (Å²) >= 11 is 5.20. The molecular weight excluding hydrogens is 283 g/mol. The van der Waals surface area contributed by atoms with Crippen LogP contribution in [0.1, 0.15) is 31.7 Å². The number of para-hydroxylation sites is 1. The summed E-state index contributed by atoms with van der Waals surface area (Å²) in [6.07, 6.45) is 1.11. The van der Waals surface area contributed by atoms with E-state index in [1.807, 2.05) is 12.1 Å². The molecule has 0 aromatic heterocycles. The molecule has 0 amide bonds. The number of hydrogen-bond donors (Lipinski definition) is 2. The Kier molecular flexibility index (Phi) is 5.28. The van der Waals surface area contributed by atoms with Crippen LogP contribution >= 0.6 is 12.2 Å². The molecule has 0 aliphatic heterocycles. The first-order valence-corrected chi connectivity index (χ1v) is 7.43. The van der Waals surface area contributed by atoms with Crippen molar-refractivity contribution in [3.63, 3.8) is 0 Å². The fraction of sp³-hybridized carbons (Fsp3) is 0.235. The van der Waals surface area contributed by atoms with Crippen LogP contribution in [0, 0.1) is 5.82 Å². The highest BCUT2D eigenvalue weighted by Crippen LogP contribution is 2.20. The molecule has 0 saturated carbocycles. The molecule has 0 aliphatic carbocycles. The molecule has 0 saturated heterocycles. The van der Waals surface area contributed by atoms with Gasteiger partial charge >= 0.3 is 0 Å². The van der Waals surface area contributed by atoms with Gasteiger partial charge in [0.1, 0.15) is 5.82 Å². The molecular formula is C17H19FN2S. The Morgan fingerprint density at radius 3 is 2.38 bits per heavy atom. The molecule has 0 aliphatic rings. The molecule has 110 valence electrons. The average Bonchev–Trinajstić information content (AvgIpc) is 2.49. The van der Waals surface area contributed by atoms with E-state index in [0.29, 0.717) is 16.7 Å². The molecule has 2 nitrogen and oxygen atoms in total. The molecule has 2 N–H and O–H groups in total. The van der Waals surface area contributed by atoms with E-state index >= 15 is 0 Å². The summed E-state index contributed by atoms with van der Waals surface area (Å²) in [5, 5.41) is 6.28. The molecule has 2 aromatic carbocycles. The van der Waals surface area contributed by atoms with E-state index in [2.05, 4.69) is 36.6 Å². The van der Waals surface area contributed by atoms with Crippen molar-refractivity contribution in [2.24, 2.45) is 0 Å². The minimum Gasteiger partial charge on any atom is -0.332 e. The quantitative estimate of drug-likeness (QED) is 0.764. The van der Waals surface area contributed by atoms with E-state index in [9.17, 15) is 4.39 Å². The van der Waals surface area contributed by atoms with Crippen molar-refractivity contribution < 1.29 is 4.39 Å². The number of benzene rings is 2. The summed E-state index contributed by atoms with van der Waals surface area (Å²) in [5.74, 6) is 0.219. The van der Waals surface area contributed by atoms with E-state index in [1.54, 1.807) is 18.2 Å². The summed E-state index contributed by atoms with van der Waals surface area (Å²) in [7, 11) is 0. The first-order chi connectivity index (χ1) is 10.1. The number of rotatable bonds is 4. The van der Waals surface area contributed by atoms with Crippen LogP contribution in [0.3, 0.4) is 0 Å². The molecule has 0 heterocycles. The van der Waals surface area contributed by atoms with Crippen LogP contribution in [-0.2, 0) is 0 Å². The Morgan fingerprint density at radius 2 is 1.76 bits per heavy atom. The lowest BCUT2D eigenvalue weighted by Gasteiger charge is -2.13. The average molecular weight is 302 g/mol. The van der Waals surface area contributed by atoms with Crippen molar-refractivity contribution in [1.29, 1.82) is 0 Å². The molecule has 4 heteroatoms. The number of halogens is 1. The van der Waals surface area contributed by atoms with Gasteiger partial charge in [0.05, 0.1) is 5.69 Å². The highest BCUT2D eigenvalue weighted by Gasteiger charge is 2.05. The molecule has 21 heavy (non-hydrogen) atoms. The fourth-order valence-electron chi connectivity index (χ4n) is 1.98. The minimum atomic E-state index is -0.325. The fourth-order valence-corrected chi connectivity index (χ4v) is 2.21. The maximum atomic E-state index is 13.5. The number of nitrogens with one attached hydrogen (secondary N) is 2. The van der Waals surface area contributed by atoms with E-state index < -0.39 is 0 Å². The lowest BCUT2D eigenvalue weighted by molar-refractivity contribution is 0.632. The number of hydrogen-bond acceptors (Lipinski definition) is 1. The van der Waals surface area contributed by atoms with Crippen LogP contribution in [-0.4, -0.2) is 5.11 Å². The molecule has 1 unspecified atom stereocenters. The van der Waals surface area contributed by atoms with Gasteiger partial charge in [-0.05, 0) is 54.4 Å². The first kappa shape index (κ1) is 15.4. The van der Waals surface area contributed by atoms with E-state index in [1.165, 1.54) is 11.6 Å². The summed E-state index contributed by atoms with van der Waals surface area (Å²) in [5.41, 5.74) is 2.55. The second-order valence-corrected chi connectivity index (χ2v) is 5.40. The highest BCUT2D eigenvalue weighted by molar-refractivity contribution is 7.80. The molecule has 0 fully saturated rings. The molecule has 0 spiro atoms. The van der Waals surface area contributed by atoms with Gasteiger partial charge in [-0.25, -0.2) is 4.39 Å². The second-order valence-electron chi connectivity index (χ2n) is 4.99. The maximum absolute atomic E-state index is 13.5. The van der Waals surface area contributed by atoms with Crippen LogP contribution in [0.25, 0.3) is 0 Å². The zero-order valence-corrected chi connectivity index (χ0v) is 13.0. The monoisotopic (exact) mass is 302 g/mol. The molecule has 1 atom stereocenters. The Bertz CT molecular complexity index is 610. The third kappa shape index (κ3) is 4.26. The van der Waals surface area contributed by atoms with Crippen molar-refractivity contribution in [3.05, 3.63) is 59.9 Å². The van der Waals surface area contributed by atoms with Gasteiger partial charge in [0.15, 0.2) is 5.11 Å². The van der Waals surface area contributed by atoms with Gasteiger partial charge in [0, 0.05) is 5.69 Å². The van der Waals surface area contributed by atoms with Crippen molar-refractivity contribution in [3.8, 4) is 0 Å². The smallest absolute Gasteiger partial charge is 0.175 e. The molecule has 0 radical (unpaired) electrons. The highest BCUT2D eigenvalue weighted by atomic mass is 32.1. The number of thiocarbonyl (C=S) groups is 1. The van der Waals surface area contributed by atoms with Crippen LogP contribution in [0.2, 0.25) is 0 Å². The summed E-state index contributed by atoms with van der Waals surface area (Å²) in [6, 6.07) is 14.6. The lowest BCUT2D eigenvalue weighted by Crippen LogP contribution is -2.19. The predicted molar refractivity (Wildman–Crippen MR) is 91.4 cm³/mol. The standard InChI is InChI=1S/C17H19FN2S/c1-3-12(2)13-8-10-14(11-9-13)19-17(21)20-16-7-5-4-6-15(16)18/h4-12H,3H2,1-2H3,(H2,19,20,21). The van der Waals surface area contributed by atoms with Gasteiger partial charge in [-0.1, -0.05) is 38.1 Å². The third-order valence-electron chi connectivity index (χ3n) is 3.47. The summed E-state index contributed by atoms with van der Waals surface area (Å²) in [6.45, 7) is 4.37. The Morgan fingerprint density at radius 1 is 1.10 bits per heavy atom. The van der Waals surface area contributed by atoms with Crippen molar-refractivity contribution in [1.82, 2.24) is 0 Å². The zero-order chi connectivity index (χ0) is 15.2. The van der Waals surface area contributed by atoms with Gasteiger partial charge < -0.3 is 10.6 Å². The van der Waals surface area contributed by atoms with Gasteiger partial charge in [-0.3, -0.25) is 0 Å². The van der Waals surface area contributed by atoms with Gasteiger partial charge in [-0.15, -0.1) is 0 Å². The van der Waals surface area contributed by atoms with Gasteiger partial charge in [-0.2, -0.15) is 0 Å². The normalized spacial score (nSPS) is 11.8. The van der Waals surface area contributed by atoms with Gasteiger partial charge in [0.25, 0.3) is 0 Å². The minimum absolute atomic E-state index is 0.325. The molecule has 0 bridgehead atoms. The molecule has 2 rings (SSSR count). The van der Waals surface area contributed by atoms with Crippen molar-refractivity contribution in [2.45, 2.75) is 26.2 Å². The first-order valence-electron chi connectivity index (χ1n) is 7.02. The second kappa shape index (κ2) is 7.18. The van der Waals surface area contributed by atoms with E-state index in [0.717, 1.165) is 12.1 Å². The predicted octanol–water partition coefficient (Wildman–Crippen LogP) is 5.15. The largest absolute Gasteiger partial charge is 0.332 e. The third-order valence-corrected chi connectivity index (χ3v) is 3.68. The van der Waals surface area contributed by atoms with Crippen molar-refractivity contribution >= 4 is 28.7 Å². The molecule has 2 aromatic rings. The zero-order valence-electron chi connectivity index (χ0n) is 12.2. The summed E-state index contributed by atoms with van der Waals surface area (Å²) < 4.78 is 13.5. The lowest BCUT2D eigenvalue weighted by atomic mass is 9.99. The van der Waals surface area contributed by atoms with E-state index in [-0.39, 0.29) is 5.82 Å². The van der Waals surface area contributed by atoms with Gasteiger partial charge in [0.2, 0.25) is 0 Å². The van der Waals surface area contributed by atoms with Crippen LogP contribution in [0.4, 0.5) is 15.8 Å². The van der Waals surface area contributed by atoms with Crippen molar-refractivity contribution in [2.75, 3.05) is 10.6 Å². The number of anilines is 2. The van der Waals surface area contributed by atoms with Crippen LogP contribution < -0.4 is 10.6 Å². The van der Waals surface area contributed by atoms with Crippen LogP contribution in [0.15, 0.2) is 48.5 Å². The SMILES string of the molecule is CCC(C)c1ccc(NC(=S)Nc2ccccc2F)cc1.